The van der Waals surface area contributed by atoms with E-state index >= 15 is 0 Å². The van der Waals surface area contributed by atoms with Crippen LogP contribution in [0.2, 0.25) is 0 Å². The van der Waals surface area contributed by atoms with Gasteiger partial charge in [-0.15, -0.1) is 0 Å². The third kappa shape index (κ3) is 3.40. The molecule has 124 valence electrons. The van der Waals surface area contributed by atoms with Crippen LogP contribution in [0.1, 0.15) is 17.5 Å². The highest BCUT2D eigenvalue weighted by Gasteiger charge is 2.08. The van der Waals surface area contributed by atoms with Gasteiger partial charge in [0.2, 0.25) is 5.91 Å². The Balaban J connectivity index is 1.59. The molecule has 2 aromatic carbocycles. The van der Waals surface area contributed by atoms with Crippen LogP contribution in [0.15, 0.2) is 48.7 Å². The van der Waals surface area contributed by atoms with Crippen LogP contribution in [0.3, 0.4) is 0 Å². The molecule has 0 saturated carbocycles. The minimum Gasteiger partial charge on any atom is -0.496 e. The number of aryl methyl sites for hydroxylation is 2. The summed E-state index contributed by atoms with van der Waals surface area (Å²) in [7, 11) is 1.63. The van der Waals surface area contributed by atoms with Crippen molar-refractivity contribution in [1.29, 1.82) is 0 Å². The number of hydrogen-bond donors (Lipinski definition) is 1. The third-order valence-corrected chi connectivity index (χ3v) is 4.08. The molecule has 5 heteroatoms. The fraction of sp³-hybridized carbons (Fsp3) is 0.263. The predicted molar refractivity (Wildman–Crippen MR) is 93.9 cm³/mol. The van der Waals surface area contributed by atoms with Gasteiger partial charge >= 0.3 is 0 Å². The number of carbonyl (C=O) groups is 1. The molecule has 1 heterocycles. The average molecular weight is 323 g/mol. The van der Waals surface area contributed by atoms with Crippen LogP contribution < -0.4 is 10.1 Å². The summed E-state index contributed by atoms with van der Waals surface area (Å²) in [5.74, 6) is 0.782. The Morgan fingerprint density at radius 3 is 2.88 bits per heavy atom. The van der Waals surface area contributed by atoms with E-state index in [0.29, 0.717) is 19.5 Å². The van der Waals surface area contributed by atoms with Gasteiger partial charge in [0.1, 0.15) is 5.75 Å². The number of fused-ring (bicyclic) bond motifs is 1. The SMILES string of the molecule is COc1ccccc1CNC(=O)CCn1ncc2cccc(C)c21. The van der Waals surface area contributed by atoms with E-state index in [1.165, 1.54) is 5.56 Å². The van der Waals surface area contributed by atoms with Crippen LogP contribution in [0.25, 0.3) is 10.9 Å². The number of amides is 1. The topological polar surface area (TPSA) is 56.1 Å². The second-order valence-corrected chi connectivity index (χ2v) is 5.72. The summed E-state index contributed by atoms with van der Waals surface area (Å²) in [6.07, 6.45) is 2.23. The van der Waals surface area contributed by atoms with E-state index in [9.17, 15) is 4.79 Å². The molecule has 0 radical (unpaired) electrons. The standard InChI is InChI=1S/C19H21N3O2/c1-14-6-5-8-16-13-21-22(19(14)16)11-10-18(23)20-12-15-7-3-4-9-17(15)24-2/h3-9,13H,10-12H2,1-2H3,(H,20,23). The van der Waals surface area contributed by atoms with Gasteiger partial charge in [-0.05, 0) is 18.6 Å². The largest absolute Gasteiger partial charge is 0.496 e. The highest BCUT2D eigenvalue weighted by Crippen LogP contribution is 2.18. The Morgan fingerprint density at radius 1 is 1.21 bits per heavy atom. The number of carbonyl (C=O) groups excluding carboxylic acids is 1. The third-order valence-electron chi connectivity index (χ3n) is 4.08. The van der Waals surface area contributed by atoms with Crippen LogP contribution >= 0.6 is 0 Å². The molecule has 0 saturated heterocycles. The molecule has 1 N–H and O–H groups in total. The normalized spacial score (nSPS) is 10.8. The first-order chi connectivity index (χ1) is 11.7. The second-order valence-electron chi connectivity index (χ2n) is 5.72. The van der Waals surface area contributed by atoms with Crippen LogP contribution in [0.4, 0.5) is 0 Å². The molecule has 0 unspecified atom stereocenters. The van der Waals surface area contributed by atoms with Gasteiger partial charge in [0.25, 0.3) is 0 Å². The van der Waals surface area contributed by atoms with Gasteiger partial charge in [-0.3, -0.25) is 9.48 Å². The summed E-state index contributed by atoms with van der Waals surface area (Å²) in [5, 5.41) is 8.43. The number of nitrogens with one attached hydrogen (secondary N) is 1. The fourth-order valence-corrected chi connectivity index (χ4v) is 2.84. The van der Waals surface area contributed by atoms with Gasteiger partial charge < -0.3 is 10.1 Å². The maximum atomic E-state index is 12.1. The number of rotatable bonds is 6. The lowest BCUT2D eigenvalue weighted by atomic mass is 10.2. The maximum Gasteiger partial charge on any atom is 0.222 e. The molecule has 3 aromatic rings. The molecule has 3 rings (SSSR count). The monoisotopic (exact) mass is 323 g/mol. The molecule has 5 nitrogen and oxygen atoms in total. The van der Waals surface area contributed by atoms with E-state index in [0.717, 1.165) is 22.2 Å². The van der Waals surface area contributed by atoms with Crippen LogP contribution in [-0.4, -0.2) is 22.8 Å². The summed E-state index contributed by atoms with van der Waals surface area (Å²) < 4.78 is 7.19. The van der Waals surface area contributed by atoms with Crippen molar-refractivity contribution in [2.75, 3.05) is 7.11 Å². The molecule has 24 heavy (non-hydrogen) atoms. The highest BCUT2D eigenvalue weighted by molar-refractivity contribution is 5.82. The summed E-state index contributed by atoms with van der Waals surface area (Å²) in [4.78, 5) is 12.1. The van der Waals surface area contributed by atoms with E-state index in [4.69, 9.17) is 4.74 Å². The quantitative estimate of drug-likeness (QED) is 0.758. The Bertz CT molecular complexity index is 855. The van der Waals surface area contributed by atoms with Crippen molar-refractivity contribution >= 4 is 16.8 Å². The zero-order chi connectivity index (χ0) is 16.9. The summed E-state index contributed by atoms with van der Waals surface area (Å²) in [6, 6.07) is 13.8. The fourth-order valence-electron chi connectivity index (χ4n) is 2.84. The molecule has 0 bridgehead atoms. The molecule has 0 fully saturated rings. The Hall–Kier alpha value is -2.82. The first kappa shape index (κ1) is 16.1. The summed E-state index contributed by atoms with van der Waals surface area (Å²) >= 11 is 0. The molecule has 0 atom stereocenters. The number of aromatic nitrogens is 2. The predicted octanol–water partition coefficient (Wildman–Crippen LogP) is 3.06. The summed E-state index contributed by atoms with van der Waals surface area (Å²) in [5.41, 5.74) is 3.23. The molecular formula is C19H21N3O2. The Labute approximate surface area is 141 Å². The minimum atomic E-state index is -0.00172. The number of benzene rings is 2. The van der Waals surface area contributed by atoms with E-state index in [2.05, 4.69) is 23.4 Å². The number of ether oxygens (including phenoxy) is 1. The molecular weight excluding hydrogens is 302 g/mol. The zero-order valence-electron chi connectivity index (χ0n) is 14.0. The van der Waals surface area contributed by atoms with E-state index in [-0.39, 0.29) is 5.91 Å². The van der Waals surface area contributed by atoms with Crippen molar-refractivity contribution in [2.45, 2.75) is 26.4 Å². The highest BCUT2D eigenvalue weighted by atomic mass is 16.5. The Morgan fingerprint density at radius 2 is 2.04 bits per heavy atom. The average Bonchev–Trinajstić information content (AvgIpc) is 3.03. The maximum absolute atomic E-state index is 12.1. The molecule has 0 aliphatic heterocycles. The molecule has 1 aromatic heterocycles. The lowest BCUT2D eigenvalue weighted by Gasteiger charge is -2.10. The van der Waals surface area contributed by atoms with Gasteiger partial charge in [-0.1, -0.05) is 36.4 Å². The molecule has 1 amide bonds. The van der Waals surface area contributed by atoms with E-state index in [1.54, 1.807) is 7.11 Å². The van der Waals surface area contributed by atoms with Crippen molar-refractivity contribution < 1.29 is 9.53 Å². The number of hydrogen-bond acceptors (Lipinski definition) is 3. The zero-order valence-corrected chi connectivity index (χ0v) is 14.0. The van der Waals surface area contributed by atoms with E-state index in [1.807, 2.05) is 47.3 Å². The van der Waals surface area contributed by atoms with Gasteiger partial charge in [0.05, 0.1) is 25.4 Å². The van der Waals surface area contributed by atoms with Gasteiger partial charge in [-0.25, -0.2) is 0 Å². The van der Waals surface area contributed by atoms with Crippen molar-refractivity contribution in [3.8, 4) is 5.75 Å². The van der Waals surface area contributed by atoms with Crippen LogP contribution in [0, 0.1) is 6.92 Å². The first-order valence-corrected chi connectivity index (χ1v) is 7.99. The number of nitrogens with zero attached hydrogens (tertiary/aromatic N) is 2. The van der Waals surface area contributed by atoms with Crippen molar-refractivity contribution in [2.24, 2.45) is 0 Å². The second kappa shape index (κ2) is 7.17. The van der Waals surface area contributed by atoms with Crippen molar-refractivity contribution in [3.05, 3.63) is 59.8 Å². The molecule has 0 aliphatic carbocycles. The number of methoxy groups -OCH3 is 1. The molecule has 0 aliphatic rings. The van der Waals surface area contributed by atoms with Crippen LogP contribution in [-0.2, 0) is 17.9 Å². The lowest BCUT2D eigenvalue weighted by molar-refractivity contribution is -0.121. The summed E-state index contributed by atoms with van der Waals surface area (Å²) in [6.45, 7) is 3.08. The Kier molecular flexibility index (Phi) is 4.79. The lowest BCUT2D eigenvalue weighted by Crippen LogP contribution is -2.24. The van der Waals surface area contributed by atoms with Crippen molar-refractivity contribution in [1.82, 2.24) is 15.1 Å². The van der Waals surface area contributed by atoms with Crippen LogP contribution in [0.5, 0.6) is 5.75 Å². The molecule has 0 spiro atoms. The van der Waals surface area contributed by atoms with E-state index < -0.39 is 0 Å². The minimum absolute atomic E-state index is 0.00172. The van der Waals surface area contributed by atoms with Gasteiger partial charge in [0.15, 0.2) is 0 Å². The first-order valence-electron chi connectivity index (χ1n) is 7.99. The van der Waals surface area contributed by atoms with Gasteiger partial charge in [0, 0.05) is 23.9 Å². The van der Waals surface area contributed by atoms with Crippen molar-refractivity contribution in [3.63, 3.8) is 0 Å². The van der Waals surface area contributed by atoms with Gasteiger partial charge in [-0.2, -0.15) is 5.10 Å². The number of para-hydroxylation sites is 2. The smallest absolute Gasteiger partial charge is 0.222 e.